The number of hydrogen-bond acceptors (Lipinski definition) is 6. The number of rotatable bonds is 15. The van der Waals surface area contributed by atoms with Gasteiger partial charge in [-0.3, -0.25) is 0 Å². The van der Waals surface area contributed by atoms with Crippen LogP contribution >= 0.6 is 0 Å². The molecule has 0 fully saturated rings. The van der Waals surface area contributed by atoms with Gasteiger partial charge >= 0.3 is 5.97 Å². The van der Waals surface area contributed by atoms with Gasteiger partial charge in [-0.1, -0.05) is 19.9 Å². The maximum Gasteiger partial charge on any atom is 0.333 e. The first kappa shape index (κ1) is 23.1. The van der Waals surface area contributed by atoms with Gasteiger partial charge in [0.1, 0.15) is 6.61 Å². The first-order chi connectivity index (χ1) is 11.5. The second kappa shape index (κ2) is 15.6. The van der Waals surface area contributed by atoms with E-state index in [4.69, 9.17) is 14.2 Å². The molecule has 0 aliphatic heterocycles. The van der Waals surface area contributed by atoms with Crippen LogP contribution in [0.5, 0.6) is 0 Å². The van der Waals surface area contributed by atoms with Crippen LogP contribution in [0, 0.1) is 0 Å². The summed E-state index contributed by atoms with van der Waals surface area (Å²) in [4.78, 5) is 16.1. The van der Waals surface area contributed by atoms with Crippen molar-refractivity contribution in [2.45, 2.75) is 27.2 Å². The first-order valence-corrected chi connectivity index (χ1v) is 8.87. The van der Waals surface area contributed by atoms with Crippen molar-refractivity contribution in [2.75, 3.05) is 73.3 Å². The van der Waals surface area contributed by atoms with E-state index in [1.54, 1.807) is 6.92 Å². The third-order valence-corrected chi connectivity index (χ3v) is 3.62. The summed E-state index contributed by atoms with van der Waals surface area (Å²) in [6.07, 6.45) is 2.59. The van der Waals surface area contributed by atoms with Crippen LogP contribution in [0.25, 0.3) is 0 Å². The molecule has 0 heterocycles. The van der Waals surface area contributed by atoms with Crippen molar-refractivity contribution in [3.63, 3.8) is 0 Å². The van der Waals surface area contributed by atoms with E-state index in [9.17, 15) is 4.79 Å². The van der Waals surface area contributed by atoms with Gasteiger partial charge in [-0.05, 0) is 40.5 Å². The molecule has 0 aliphatic carbocycles. The summed E-state index contributed by atoms with van der Waals surface area (Å²) in [5.74, 6) is -0.283. The molecule has 0 unspecified atom stereocenters. The Bertz CT molecular complexity index is 342. The zero-order valence-corrected chi connectivity index (χ0v) is 16.2. The minimum Gasteiger partial charge on any atom is -0.460 e. The molecule has 0 amide bonds. The Balaban J connectivity index is 3.64. The molecule has 0 spiro atoms. The van der Waals surface area contributed by atoms with E-state index in [0.717, 1.165) is 39.2 Å². The molecule has 142 valence electrons. The first-order valence-electron chi connectivity index (χ1n) is 8.87. The molecule has 0 rings (SSSR count). The quantitative estimate of drug-likeness (QED) is 0.256. The van der Waals surface area contributed by atoms with Crippen LogP contribution in [0.15, 0.2) is 11.6 Å². The molecule has 6 heteroatoms. The second-order valence-electron chi connectivity index (χ2n) is 5.87. The maximum atomic E-state index is 11.8. The summed E-state index contributed by atoms with van der Waals surface area (Å²) >= 11 is 0. The van der Waals surface area contributed by atoms with Crippen molar-refractivity contribution >= 4 is 5.97 Å². The molecule has 24 heavy (non-hydrogen) atoms. The highest BCUT2D eigenvalue weighted by Gasteiger charge is 2.05. The zero-order chi connectivity index (χ0) is 18.2. The van der Waals surface area contributed by atoms with E-state index >= 15 is 0 Å². The van der Waals surface area contributed by atoms with Crippen LogP contribution in [0.1, 0.15) is 27.2 Å². The van der Waals surface area contributed by atoms with Gasteiger partial charge in [-0.25, -0.2) is 4.79 Å². The normalized spacial score (nSPS) is 12.2. The van der Waals surface area contributed by atoms with Crippen molar-refractivity contribution < 1.29 is 19.0 Å². The van der Waals surface area contributed by atoms with Gasteiger partial charge in [-0.2, -0.15) is 0 Å². The lowest BCUT2D eigenvalue weighted by Gasteiger charge is -2.17. The van der Waals surface area contributed by atoms with Crippen molar-refractivity contribution in [3.05, 3.63) is 11.6 Å². The Labute approximate surface area is 147 Å². The molecular weight excluding hydrogens is 308 g/mol. The number of esters is 1. The van der Waals surface area contributed by atoms with Crippen LogP contribution in [0.2, 0.25) is 0 Å². The summed E-state index contributed by atoms with van der Waals surface area (Å²) < 4.78 is 16.1. The number of carbonyl (C=O) groups excluding carboxylic acids is 1. The van der Waals surface area contributed by atoms with E-state index in [-0.39, 0.29) is 12.6 Å². The highest BCUT2D eigenvalue weighted by Crippen LogP contribution is 2.00. The fourth-order valence-corrected chi connectivity index (χ4v) is 1.93. The average Bonchev–Trinajstić information content (AvgIpc) is 2.56. The van der Waals surface area contributed by atoms with Crippen LogP contribution in [0.4, 0.5) is 0 Å². The largest absolute Gasteiger partial charge is 0.460 e. The predicted octanol–water partition coefficient (Wildman–Crippen LogP) is 1.80. The van der Waals surface area contributed by atoms with E-state index in [2.05, 4.69) is 18.7 Å². The summed E-state index contributed by atoms with van der Waals surface area (Å²) in [6, 6.07) is 0. The van der Waals surface area contributed by atoms with Gasteiger partial charge in [0, 0.05) is 18.7 Å². The Morgan fingerprint density at radius 1 is 0.917 bits per heavy atom. The topological polar surface area (TPSA) is 51.2 Å². The standard InChI is InChI=1S/C18H36N2O4/c1-6-20(7-2)11-14-22-12-8-9-17(3)18(21)24-16-15-23-13-10-19(4)5/h9H,6-8,10-16H2,1-5H3. The number of nitrogens with zero attached hydrogens (tertiary/aromatic N) is 2. The average molecular weight is 344 g/mol. The third-order valence-electron chi connectivity index (χ3n) is 3.62. The maximum absolute atomic E-state index is 11.8. The summed E-state index contributed by atoms with van der Waals surface area (Å²) in [5.41, 5.74) is 0.621. The summed E-state index contributed by atoms with van der Waals surface area (Å²) in [5, 5.41) is 0. The molecule has 0 saturated carbocycles. The highest BCUT2D eigenvalue weighted by molar-refractivity contribution is 5.87. The summed E-state index contributed by atoms with van der Waals surface area (Å²) in [7, 11) is 3.98. The molecule has 6 nitrogen and oxygen atoms in total. The molecule has 0 saturated heterocycles. The van der Waals surface area contributed by atoms with Gasteiger partial charge in [0.05, 0.1) is 26.4 Å². The van der Waals surface area contributed by atoms with Crippen molar-refractivity contribution in [3.8, 4) is 0 Å². The molecule has 0 aromatic rings. The lowest BCUT2D eigenvalue weighted by Crippen LogP contribution is -2.27. The fraction of sp³-hybridized carbons (Fsp3) is 0.833. The second-order valence-corrected chi connectivity index (χ2v) is 5.87. The van der Waals surface area contributed by atoms with E-state index in [1.807, 2.05) is 25.1 Å². The minimum absolute atomic E-state index is 0.283. The minimum atomic E-state index is -0.283. The molecule has 0 aromatic heterocycles. The fourth-order valence-electron chi connectivity index (χ4n) is 1.93. The van der Waals surface area contributed by atoms with E-state index in [1.165, 1.54) is 0 Å². The molecular formula is C18H36N2O4. The Morgan fingerprint density at radius 2 is 1.54 bits per heavy atom. The van der Waals surface area contributed by atoms with Gasteiger partial charge in [0.25, 0.3) is 0 Å². The Morgan fingerprint density at radius 3 is 2.17 bits per heavy atom. The molecule has 0 radical (unpaired) electrons. The van der Waals surface area contributed by atoms with Crippen LogP contribution in [0.3, 0.4) is 0 Å². The van der Waals surface area contributed by atoms with Gasteiger partial charge in [-0.15, -0.1) is 0 Å². The van der Waals surface area contributed by atoms with Crippen molar-refractivity contribution in [1.29, 1.82) is 0 Å². The lowest BCUT2D eigenvalue weighted by molar-refractivity contribution is -0.140. The van der Waals surface area contributed by atoms with Gasteiger partial charge in [0.2, 0.25) is 0 Å². The Hall–Kier alpha value is -0.950. The molecule has 0 bridgehead atoms. The monoisotopic (exact) mass is 344 g/mol. The number of likely N-dealkylation sites (N-methyl/N-ethyl adjacent to an activating group) is 2. The molecule has 0 atom stereocenters. The summed E-state index contributed by atoms with van der Waals surface area (Å²) in [6.45, 7) is 12.7. The number of hydrogen-bond donors (Lipinski definition) is 0. The molecule has 0 aromatic carbocycles. The SMILES string of the molecule is CCN(CC)CCOCCC=C(C)C(=O)OCCOCCN(C)C. The Kier molecular flexibility index (Phi) is 15.0. The number of carbonyl (C=O) groups is 1. The van der Waals surface area contributed by atoms with Crippen molar-refractivity contribution in [2.24, 2.45) is 0 Å². The molecule has 0 aliphatic rings. The van der Waals surface area contributed by atoms with Crippen LogP contribution in [-0.4, -0.2) is 89.1 Å². The number of ether oxygens (including phenoxy) is 3. The third kappa shape index (κ3) is 13.5. The molecule has 0 N–H and O–H groups in total. The van der Waals surface area contributed by atoms with Gasteiger partial charge < -0.3 is 24.0 Å². The predicted molar refractivity (Wildman–Crippen MR) is 97.3 cm³/mol. The van der Waals surface area contributed by atoms with E-state index < -0.39 is 0 Å². The van der Waals surface area contributed by atoms with Gasteiger partial charge in [0.15, 0.2) is 0 Å². The van der Waals surface area contributed by atoms with Crippen LogP contribution in [-0.2, 0) is 19.0 Å². The lowest BCUT2D eigenvalue weighted by atomic mass is 10.2. The van der Waals surface area contributed by atoms with Crippen LogP contribution < -0.4 is 0 Å². The van der Waals surface area contributed by atoms with Crippen molar-refractivity contribution in [1.82, 2.24) is 9.80 Å². The smallest absolute Gasteiger partial charge is 0.333 e. The highest BCUT2D eigenvalue weighted by atomic mass is 16.6. The van der Waals surface area contributed by atoms with E-state index in [0.29, 0.717) is 25.4 Å². The zero-order valence-electron chi connectivity index (χ0n) is 16.2.